The molecule has 0 unspecified atom stereocenters. The molecular formula is C41H74NO6P. The molecule has 0 saturated heterocycles. The smallest absolute Gasteiger partial charge is 0.387 e. The van der Waals surface area contributed by atoms with Crippen LogP contribution in [0, 0.1) is 0 Å². The number of aliphatic hydroxyl groups excluding tert-OH is 1. The maximum atomic E-state index is 12.5. The minimum Gasteiger partial charge on any atom is -0.387 e. The third-order valence-corrected chi connectivity index (χ3v) is 8.96. The lowest BCUT2D eigenvalue weighted by Gasteiger charge is -2.22. The van der Waals surface area contributed by atoms with Gasteiger partial charge in [0.2, 0.25) is 5.91 Å². The Bertz CT molecular complexity index is 938. The largest absolute Gasteiger partial charge is 0.469 e. The van der Waals surface area contributed by atoms with Gasteiger partial charge in [0.05, 0.1) is 18.8 Å². The van der Waals surface area contributed by atoms with Gasteiger partial charge in [-0.15, -0.1) is 0 Å². The highest BCUT2D eigenvalue weighted by Gasteiger charge is 2.24. The molecular weight excluding hydrogens is 633 g/mol. The Kier molecular flexibility index (Phi) is 34.8. The Hall–Kier alpha value is -1.76. The summed E-state index contributed by atoms with van der Waals surface area (Å²) in [5, 5.41) is 13.3. The van der Waals surface area contributed by atoms with E-state index in [2.05, 4.69) is 72.3 Å². The van der Waals surface area contributed by atoms with Crippen molar-refractivity contribution in [1.29, 1.82) is 0 Å². The second-order valence-electron chi connectivity index (χ2n) is 13.2. The summed E-state index contributed by atoms with van der Waals surface area (Å²) in [6, 6.07) is -0.940. The Morgan fingerprint density at radius 3 is 1.43 bits per heavy atom. The zero-order valence-corrected chi connectivity index (χ0v) is 32.2. The first-order valence-electron chi connectivity index (χ1n) is 19.7. The van der Waals surface area contributed by atoms with E-state index < -0.39 is 26.6 Å². The number of hydrogen-bond acceptors (Lipinski definition) is 4. The van der Waals surface area contributed by atoms with Crippen LogP contribution in [0.3, 0.4) is 0 Å². The second-order valence-corrected chi connectivity index (χ2v) is 14.5. The number of nitrogens with one attached hydrogen (secondary N) is 1. The summed E-state index contributed by atoms with van der Waals surface area (Å²) >= 11 is 0. The van der Waals surface area contributed by atoms with E-state index in [1.54, 1.807) is 6.08 Å². The summed E-state index contributed by atoms with van der Waals surface area (Å²) in [5.41, 5.74) is 0. The molecule has 0 aliphatic rings. The quantitative estimate of drug-likeness (QED) is 0.0296. The van der Waals surface area contributed by atoms with Crippen LogP contribution in [0.25, 0.3) is 0 Å². The van der Waals surface area contributed by atoms with Gasteiger partial charge in [0, 0.05) is 6.42 Å². The van der Waals surface area contributed by atoms with Crippen LogP contribution in [0.1, 0.15) is 174 Å². The highest BCUT2D eigenvalue weighted by Crippen LogP contribution is 2.35. The molecule has 0 aliphatic carbocycles. The number of allylic oxidation sites excluding steroid dienone is 9. The number of carbonyl (C=O) groups is 1. The molecule has 0 fully saturated rings. The van der Waals surface area contributed by atoms with Gasteiger partial charge in [0.25, 0.3) is 0 Å². The molecule has 7 nitrogen and oxygen atoms in total. The summed E-state index contributed by atoms with van der Waals surface area (Å²) < 4.78 is 15.8. The molecule has 8 heteroatoms. The van der Waals surface area contributed by atoms with Crippen molar-refractivity contribution in [3.05, 3.63) is 60.8 Å². The number of phosphoric ester groups is 1. The number of carbonyl (C=O) groups excluding carboxylic acids is 1. The van der Waals surface area contributed by atoms with Gasteiger partial charge in [-0.3, -0.25) is 9.32 Å². The van der Waals surface area contributed by atoms with Gasteiger partial charge in [-0.25, -0.2) is 4.57 Å². The molecule has 4 N–H and O–H groups in total. The number of phosphoric acid groups is 1. The molecule has 0 rings (SSSR count). The second kappa shape index (κ2) is 36.0. The van der Waals surface area contributed by atoms with Crippen molar-refractivity contribution in [2.45, 2.75) is 187 Å². The standard InChI is InChI=1S/C41H74NO6P/c1-3-5-7-9-11-13-15-17-18-19-20-21-22-23-24-25-27-29-31-33-35-37-41(44)42-39(38-48-49(45,46)47)40(43)36-34-32-30-28-26-16-14-12-10-8-6-4-2/h18-19,21-22,24-25,29,31,34,36,39-40,43H,3-17,20,23,26-28,30,32-33,35,37-38H2,1-2H3,(H,42,44)(H2,45,46,47)/b19-18-,22-21-,25-24-,31-29-,36-34+/t39-,40+/m0/s1. The Labute approximate surface area is 301 Å². The fraction of sp³-hybridized carbons (Fsp3) is 0.732. The Morgan fingerprint density at radius 1 is 0.592 bits per heavy atom. The van der Waals surface area contributed by atoms with Crippen LogP contribution in [0.2, 0.25) is 0 Å². The Balaban J connectivity index is 4.13. The predicted octanol–water partition coefficient (Wildman–Crippen LogP) is 11.5. The van der Waals surface area contributed by atoms with Crippen molar-refractivity contribution in [2.24, 2.45) is 0 Å². The first-order chi connectivity index (χ1) is 23.8. The lowest BCUT2D eigenvalue weighted by Crippen LogP contribution is -2.45. The van der Waals surface area contributed by atoms with Gasteiger partial charge in [-0.2, -0.15) is 0 Å². The van der Waals surface area contributed by atoms with Gasteiger partial charge < -0.3 is 20.2 Å². The first-order valence-corrected chi connectivity index (χ1v) is 21.3. The van der Waals surface area contributed by atoms with E-state index in [0.29, 0.717) is 6.42 Å². The van der Waals surface area contributed by atoms with E-state index >= 15 is 0 Å². The summed E-state index contributed by atoms with van der Waals surface area (Å²) in [4.78, 5) is 30.8. The maximum absolute atomic E-state index is 12.5. The minimum atomic E-state index is -4.73. The average Bonchev–Trinajstić information content (AvgIpc) is 3.07. The van der Waals surface area contributed by atoms with E-state index in [-0.39, 0.29) is 12.3 Å². The summed E-state index contributed by atoms with van der Waals surface area (Å²) in [6.07, 6.45) is 48.2. The van der Waals surface area contributed by atoms with E-state index in [1.165, 1.54) is 103 Å². The van der Waals surface area contributed by atoms with Gasteiger partial charge in [0.1, 0.15) is 0 Å². The summed E-state index contributed by atoms with van der Waals surface area (Å²) in [6.45, 7) is 4.02. The van der Waals surface area contributed by atoms with E-state index in [9.17, 15) is 14.5 Å². The van der Waals surface area contributed by atoms with Gasteiger partial charge in [-0.05, 0) is 57.8 Å². The number of unbranched alkanes of at least 4 members (excludes halogenated alkanes) is 18. The molecule has 284 valence electrons. The van der Waals surface area contributed by atoms with Crippen LogP contribution in [0.4, 0.5) is 0 Å². The molecule has 0 aromatic heterocycles. The normalized spacial score (nSPS) is 14.0. The van der Waals surface area contributed by atoms with Crippen LogP contribution < -0.4 is 5.32 Å². The lowest BCUT2D eigenvalue weighted by molar-refractivity contribution is -0.122. The number of hydrogen-bond donors (Lipinski definition) is 4. The highest BCUT2D eigenvalue weighted by atomic mass is 31.2. The van der Waals surface area contributed by atoms with Crippen molar-refractivity contribution < 1.29 is 28.8 Å². The van der Waals surface area contributed by atoms with Crippen LogP contribution in [-0.2, 0) is 13.9 Å². The van der Waals surface area contributed by atoms with E-state index in [4.69, 9.17) is 9.79 Å². The molecule has 1 amide bonds. The molecule has 2 atom stereocenters. The lowest BCUT2D eigenvalue weighted by atomic mass is 10.1. The number of rotatable bonds is 35. The molecule has 0 heterocycles. The SMILES string of the molecule is CCCCCCCCC/C=C\C/C=C\C/C=C\C/C=C\CCCC(=O)N[C@@H](COP(=O)(O)O)[C@H](O)/C=C/CCCCCCCCCCCC. The summed E-state index contributed by atoms with van der Waals surface area (Å²) in [5.74, 6) is -0.283. The maximum Gasteiger partial charge on any atom is 0.469 e. The fourth-order valence-electron chi connectivity index (χ4n) is 5.45. The van der Waals surface area contributed by atoms with Gasteiger partial charge in [0.15, 0.2) is 0 Å². The van der Waals surface area contributed by atoms with Crippen LogP contribution >= 0.6 is 7.82 Å². The van der Waals surface area contributed by atoms with Crippen molar-refractivity contribution in [3.8, 4) is 0 Å². The number of amides is 1. The van der Waals surface area contributed by atoms with Crippen molar-refractivity contribution >= 4 is 13.7 Å². The highest BCUT2D eigenvalue weighted by molar-refractivity contribution is 7.46. The monoisotopic (exact) mass is 708 g/mol. The van der Waals surface area contributed by atoms with Gasteiger partial charge >= 0.3 is 7.82 Å². The van der Waals surface area contributed by atoms with E-state index in [0.717, 1.165) is 44.9 Å². The Morgan fingerprint density at radius 2 is 0.980 bits per heavy atom. The average molecular weight is 708 g/mol. The molecule has 0 bridgehead atoms. The van der Waals surface area contributed by atoms with Gasteiger partial charge in [-0.1, -0.05) is 171 Å². The molecule has 0 saturated carbocycles. The zero-order valence-electron chi connectivity index (χ0n) is 31.3. The molecule has 0 aliphatic heterocycles. The fourth-order valence-corrected chi connectivity index (χ4v) is 5.80. The topological polar surface area (TPSA) is 116 Å². The van der Waals surface area contributed by atoms with Crippen LogP contribution in [0.5, 0.6) is 0 Å². The molecule has 0 spiro atoms. The predicted molar refractivity (Wildman–Crippen MR) is 208 cm³/mol. The van der Waals surface area contributed by atoms with Crippen molar-refractivity contribution in [2.75, 3.05) is 6.61 Å². The first kappa shape index (κ1) is 47.2. The molecule has 49 heavy (non-hydrogen) atoms. The van der Waals surface area contributed by atoms with Crippen LogP contribution in [0.15, 0.2) is 60.8 Å². The summed E-state index contributed by atoms with van der Waals surface area (Å²) in [7, 11) is -4.73. The van der Waals surface area contributed by atoms with Crippen LogP contribution in [-0.4, -0.2) is 39.6 Å². The third-order valence-electron chi connectivity index (χ3n) is 8.47. The number of aliphatic hydroxyl groups is 1. The zero-order chi connectivity index (χ0) is 36.1. The van der Waals surface area contributed by atoms with Crippen molar-refractivity contribution in [1.82, 2.24) is 5.32 Å². The minimum absolute atomic E-state index is 0.250. The molecule has 0 radical (unpaired) electrons. The van der Waals surface area contributed by atoms with Crippen molar-refractivity contribution in [3.63, 3.8) is 0 Å². The third kappa shape index (κ3) is 37.3. The molecule has 0 aromatic carbocycles. The molecule has 0 aromatic rings. The van der Waals surface area contributed by atoms with E-state index in [1.807, 2.05) is 6.08 Å².